The standard InChI is InChI=1S/C56H76N2S6.C50H76N2S4.C5H6S.2CH4/c1-5-9-13-17-19-23-29-41(27-21-15-11-7-3)39-43-33-35-47(61-43)55-57-51-49(45-31-25-37-59-45)54-52(50(53(51)63-55)46-32-26-38-60-46)58-56(64-54)48-36-34-44(62-48)40-42(28-22-16-12-8-4)30-24-20-18-14-10-6-2;1-7-11-15-19-21-25-29-39(27-23-17-13-9-3)35-41-31-33-43(53-41)49-51-45-37(5)48-46(38(6)47(45)55-49)52-50(56-48)44-34-32-42(54-44)36-40(28-24-18-14-10-4)30-26-22-20-16-12-8-2;1-5-3-2-4-6-5;;/h25-26,31-38,41-42H,5-24,27-30,39-40H2,1-4H3;31-34,39-40H,7-30,35-36H2,1-6H3;2-4H,1H3;2*1H4. The van der Waals surface area contributed by atoms with Gasteiger partial charge < -0.3 is 0 Å². The van der Waals surface area contributed by atoms with Gasteiger partial charge in [-0.05, 0) is 164 Å². The van der Waals surface area contributed by atoms with Crippen molar-refractivity contribution in [2.45, 2.75) is 425 Å². The van der Waals surface area contributed by atoms with Gasteiger partial charge in [-0.1, -0.05) is 397 Å². The molecular formula is C113H166N4S11. The van der Waals surface area contributed by atoms with E-state index in [9.17, 15) is 0 Å². The number of aryl methyl sites for hydroxylation is 3. The normalized spacial score (nSPS) is 12.6. The highest BCUT2D eigenvalue weighted by Gasteiger charge is 2.29. The Morgan fingerprint density at radius 3 is 0.680 bits per heavy atom. The van der Waals surface area contributed by atoms with E-state index < -0.39 is 0 Å². The lowest BCUT2D eigenvalue weighted by Gasteiger charge is -2.16. The zero-order chi connectivity index (χ0) is 88.3. The van der Waals surface area contributed by atoms with Crippen LogP contribution < -0.4 is 0 Å². The molecule has 11 heterocycles. The highest BCUT2D eigenvalue weighted by atomic mass is 32.1. The van der Waals surface area contributed by atoms with Gasteiger partial charge in [0.25, 0.3) is 0 Å². The van der Waals surface area contributed by atoms with Gasteiger partial charge in [-0.2, -0.15) is 0 Å². The molecule has 0 bridgehead atoms. The van der Waals surface area contributed by atoms with Gasteiger partial charge in [0.2, 0.25) is 0 Å². The summed E-state index contributed by atoms with van der Waals surface area (Å²) in [5, 5.41) is 11.2. The fourth-order valence-electron chi connectivity index (χ4n) is 18.7. The second-order valence-electron chi connectivity index (χ2n) is 36.9. The van der Waals surface area contributed by atoms with Crippen molar-refractivity contribution in [1.29, 1.82) is 0 Å². The number of benzene rings is 2. The summed E-state index contributed by atoms with van der Waals surface area (Å²) in [4.78, 5) is 37.4. The number of rotatable bonds is 62. The van der Waals surface area contributed by atoms with Crippen molar-refractivity contribution in [1.82, 2.24) is 19.9 Å². The van der Waals surface area contributed by atoms with Crippen molar-refractivity contribution in [3.63, 3.8) is 0 Å². The fraction of sp³-hybridized carbons (Fsp3) is 0.611. The summed E-state index contributed by atoms with van der Waals surface area (Å²) < 4.78 is 5.20. The van der Waals surface area contributed by atoms with Crippen LogP contribution in [0, 0.1) is 44.4 Å². The van der Waals surface area contributed by atoms with Crippen LogP contribution in [-0.4, -0.2) is 19.9 Å². The molecule has 0 aliphatic carbocycles. The smallest absolute Gasteiger partial charge is 0.134 e. The van der Waals surface area contributed by atoms with E-state index in [1.165, 1.54) is 440 Å². The lowest BCUT2D eigenvalue weighted by molar-refractivity contribution is 0.404. The van der Waals surface area contributed by atoms with Gasteiger partial charge >= 0.3 is 0 Å². The Morgan fingerprint density at radius 1 is 0.227 bits per heavy atom. The van der Waals surface area contributed by atoms with Gasteiger partial charge in [0.05, 0.1) is 60.4 Å². The highest BCUT2D eigenvalue weighted by Crippen LogP contribution is 2.53. The first-order chi connectivity index (χ1) is 61.9. The minimum atomic E-state index is 0. The minimum Gasteiger partial charge on any atom is -0.235 e. The predicted octanol–water partition coefficient (Wildman–Crippen LogP) is 43.6. The molecule has 0 amide bonds. The molecule has 4 nitrogen and oxygen atoms in total. The van der Waals surface area contributed by atoms with Gasteiger partial charge in [-0.3, -0.25) is 0 Å². The molecule has 4 unspecified atom stereocenters. The number of fused-ring (bicyclic) bond motifs is 4. The summed E-state index contributed by atoms with van der Waals surface area (Å²) in [6, 6.07) is 32.3. The van der Waals surface area contributed by atoms with Crippen molar-refractivity contribution in [3.8, 4) is 60.4 Å². The quantitative estimate of drug-likeness (QED) is 0.0357. The first-order valence-corrected chi connectivity index (χ1v) is 60.0. The second kappa shape index (κ2) is 61.1. The largest absolute Gasteiger partial charge is 0.235 e. The van der Waals surface area contributed by atoms with Crippen molar-refractivity contribution in [3.05, 3.63) is 137 Å². The number of hydrogen-bond acceptors (Lipinski definition) is 15. The van der Waals surface area contributed by atoms with Crippen LogP contribution in [0.1, 0.15) is 414 Å². The van der Waals surface area contributed by atoms with Crippen LogP contribution in [-0.2, 0) is 25.7 Å². The lowest BCUT2D eigenvalue weighted by atomic mass is 9.91. The Hall–Kier alpha value is -4.10. The first kappa shape index (κ1) is 108. The van der Waals surface area contributed by atoms with Crippen LogP contribution in [0.3, 0.4) is 0 Å². The van der Waals surface area contributed by atoms with Gasteiger partial charge in [0, 0.05) is 45.3 Å². The molecular weight excluding hydrogens is 1770 g/mol. The average molecular weight is 1930 g/mol. The molecule has 0 fully saturated rings. The Labute approximate surface area is 823 Å². The van der Waals surface area contributed by atoms with E-state index in [1.54, 1.807) is 21.1 Å². The third-order valence-electron chi connectivity index (χ3n) is 26.2. The van der Waals surface area contributed by atoms with Crippen LogP contribution in [0.2, 0.25) is 0 Å². The molecule has 13 aromatic rings. The molecule has 0 aliphatic rings. The summed E-state index contributed by atoms with van der Waals surface area (Å²) in [6.07, 6.45) is 71.1. The third-order valence-corrected chi connectivity index (χ3v) is 38.4. The monoisotopic (exact) mass is 1930 g/mol. The van der Waals surface area contributed by atoms with Crippen LogP contribution in [0.25, 0.3) is 101 Å². The van der Waals surface area contributed by atoms with E-state index in [4.69, 9.17) is 19.9 Å². The Balaban J connectivity index is 0.000000269. The molecule has 13 rings (SSSR count). The number of thiophene rings is 7. The number of unbranched alkanes of at least 4 members (excludes halogenated alkanes) is 32. The summed E-state index contributed by atoms with van der Waals surface area (Å²) in [5.41, 5.74) is 9.82. The Kier molecular flexibility index (Phi) is 51.3. The topological polar surface area (TPSA) is 51.6 Å². The molecule has 0 spiro atoms. The maximum absolute atomic E-state index is 5.63. The zero-order valence-electron chi connectivity index (χ0n) is 79.7. The van der Waals surface area contributed by atoms with Crippen LogP contribution in [0.5, 0.6) is 0 Å². The summed E-state index contributed by atoms with van der Waals surface area (Å²) in [6.45, 7) is 25.2. The molecule has 2 aromatic carbocycles. The van der Waals surface area contributed by atoms with Crippen molar-refractivity contribution < 1.29 is 0 Å². The molecule has 4 atom stereocenters. The van der Waals surface area contributed by atoms with Crippen LogP contribution in [0.4, 0.5) is 0 Å². The van der Waals surface area contributed by atoms with Gasteiger partial charge in [0.15, 0.2) is 0 Å². The first-order valence-electron chi connectivity index (χ1n) is 50.9. The molecule has 0 N–H and O–H groups in total. The molecule has 0 saturated heterocycles. The van der Waals surface area contributed by atoms with E-state index in [0.29, 0.717) is 0 Å². The number of aromatic nitrogens is 4. The third kappa shape index (κ3) is 34.0. The SMILES string of the molecule is C.C.CCCCCCCCC(CCCCCC)Cc1ccc(-c2nc3c(-c4cccs4)c4sc(-c5ccc(CC(CCCCCC)CCCCCCCC)s5)nc4c(-c4cccs4)c3s2)s1.CCCCCCCCC(CCCCCC)Cc1ccc(-c2nc3c(C)c4sc(-c5ccc(CC(CCCCCC)CCCCCCCC)s5)nc4c(C)c3s2)s1.Cc1cccs1. The number of thiazole rings is 4. The maximum Gasteiger partial charge on any atom is 0.134 e. The predicted molar refractivity (Wildman–Crippen MR) is 593 cm³/mol. The lowest BCUT2D eigenvalue weighted by Crippen LogP contribution is -2.04. The molecule has 704 valence electrons. The average Bonchev–Trinajstić information content (AvgIpc) is 1.60. The minimum absolute atomic E-state index is 0. The summed E-state index contributed by atoms with van der Waals surface area (Å²) in [5.74, 6) is 3.21. The van der Waals surface area contributed by atoms with Gasteiger partial charge in [-0.15, -0.1) is 125 Å². The van der Waals surface area contributed by atoms with E-state index in [-0.39, 0.29) is 14.9 Å². The highest BCUT2D eigenvalue weighted by molar-refractivity contribution is 7.29. The molecule has 0 aliphatic heterocycles. The molecule has 11 aromatic heterocycles. The maximum atomic E-state index is 5.63. The summed E-state index contributed by atoms with van der Waals surface area (Å²) in [7, 11) is 0. The second-order valence-corrected chi connectivity index (χ2v) is 48.6. The molecule has 128 heavy (non-hydrogen) atoms. The van der Waals surface area contributed by atoms with Gasteiger partial charge in [0.1, 0.15) is 20.0 Å². The zero-order valence-corrected chi connectivity index (χ0v) is 88.7. The van der Waals surface area contributed by atoms with E-state index >= 15 is 0 Å². The Bertz CT molecular complexity index is 4640. The molecule has 0 radical (unpaired) electrons. The molecule has 0 saturated carbocycles. The summed E-state index contributed by atoms with van der Waals surface area (Å²) >= 11 is 21.0. The van der Waals surface area contributed by atoms with E-state index in [1.807, 2.05) is 113 Å². The van der Waals surface area contributed by atoms with Crippen molar-refractivity contribution >= 4 is 166 Å². The van der Waals surface area contributed by atoms with E-state index in [0.717, 1.165) is 44.7 Å². The van der Waals surface area contributed by atoms with Crippen LogP contribution >= 0.6 is 125 Å². The number of nitrogens with zero attached hydrogens (tertiary/aromatic N) is 4. The molecule has 15 heteroatoms. The van der Waals surface area contributed by atoms with Crippen LogP contribution in [0.15, 0.2) is 101 Å². The van der Waals surface area contributed by atoms with Crippen molar-refractivity contribution in [2.24, 2.45) is 23.7 Å². The van der Waals surface area contributed by atoms with Gasteiger partial charge in [-0.25, -0.2) is 19.9 Å². The van der Waals surface area contributed by atoms with E-state index in [2.05, 4.69) is 177 Å². The number of hydrogen-bond donors (Lipinski definition) is 0. The Morgan fingerprint density at radius 2 is 0.453 bits per heavy atom. The van der Waals surface area contributed by atoms with Crippen molar-refractivity contribution in [2.75, 3.05) is 0 Å². The fourth-order valence-corrected chi connectivity index (χ4v) is 30.2.